The van der Waals surface area contributed by atoms with E-state index in [2.05, 4.69) is 32.3 Å². The molecule has 11 nitrogen and oxygen atoms in total. The first-order valence-corrected chi connectivity index (χ1v) is 17.1. The predicted octanol–water partition coefficient (Wildman–Crippen LogP) is 3.83. The Morgan fingerprint density at radius 3 is 2.58 bits per heavy atom. The molecule has 2 aromatic carbocycles. The van der Waals surface area contributed by atoms with Gasteiger partial charge in [-0.1, -0.05) is 62.7 Å². The van der Waals surface area contributed by atoms with Crippen molar-refractivity contribution in [1.82, 2.24) is 25.8 Å². The topological polar surface area (TPSA) is 150 Å². The highest BCUT2D eigenvalue weighted by atomic mass is 16.2. The summed E-state index contributed by atoms with van der Waals surface area (Å²) in [5.41, 5.74) is 3.43. The van der Waals surface area contributed by atoms with E-state index < -0.39 is 18.0 Å². The van der Waals surface area contributed by atoms with Crippen LogP contribution in [-0.4, -0.2) is 71.1 Å². The molecule has 48 heavy (non-hydrogen) atoms. The summed E-state index contributed by atoms with van der Waals surface area (Å²) in [6.07, 6.45) is 6.12. The maximum Gasteiger partial charge on any atom is 0.243 e. The zero-order chi connectivity index (χ0) is 34.0. The highest BCUT2D eigenvalue weighted by Crippen LogP contribution is 2.29. The van der Waals surface area contributed by atoms with Crippen molar-refractivity contribution in [3.8, 4) is 0 Å². The molecule has 1 saturated heterocycles. The second-order valence-electron chi connectivity index (χ2n) is 13.1. The zero-order valence-electron chi connectivity index (χ0n) is 27.8. The van der Waals surface area contributed by atoms with E-state index in [4.69, 9.17) is 0 Å². The fraction of sp³-hybridized carbons (Fsp3) is 0.459. The fourth-order valence-corrected chi connectivity index (χ4v) is 6.64. The van der Waals surface area contributed by atoms with Crippen molar-refractivity contribution in [3.63, 3.8) is 0 Å². The number of nitrogens with zero attached hydrogens (tertiary/aromatic N) is 2. The number of carbonyl (C=O) groups excluding carboxylic acids is 5. The van der Waals surface area contributed by atoms with E-state index in [1.807, 2.05) is 62.4 Å². The first-order valence-electron chi connectivity index (χ1n) is 17.1. The molecule has 0 aliphatic carbocycles. The van der Waals surface area contributed by atoms with Gasteiger partial charge in [-0.05, 0) is 67.2 Å². The molecule has 0 saturated carbocycles. The average Bonchev–Trinajstić information content (AvgIpc) is 3.58. The number of carbonyl (C=O) groups is 5. The largest absolute Gasteiger partial charge is 0.354 e. The summed E-state index contributed by atoms with van der Waals surface area (Å²) in [5.74, 6) is -1.63. The van der Waals surface area contributed by atoms with E-state index in [9.17, 15) is 24.0 Å². The smallest absolute Gasteiger partial charge is 0.243 e. The van der Waals surface area contributed by atoms with Gasteiger partial charge in [-0.15, -0.1) is 0 Å². The van der Waals surface area contributed by atoms with Gasteiger partial charge in [0.2, 0.25) is 29.5 Å². The minimum atomic E-state index is -0.828. The zero-order valence-corrected chi connectivity index (χ0v) is 27.8. The maximum atomic E-state index is 13.5. The van der Waals surface area contributed by atoms with Gasteiger partial charge in [0.1, 0.15) is 12.1 Å². The SMILES string of the molecule is CC(C)[C@@H]1NC(=O)[C@@H]2CCCN2C(=O)CCCCC(CC(=O)Nc2cccc3cccnc23)c2cccc(c2)CCNC(=O)CNC1=O. The van der Waals surface area contributed by atoms with Crippen LogP contribution in [0.15, 0.2) is 60.8 Å². The number of anilines is 1. The van der Waals surface area contributed by atoms with Crippen LogP contribution in [0.25, 0.3) is 10.9 Å². The Morgan fingerprint density at radius 2 is 1.75 bits per heavy atom. The Kier molecular flexibility index (Phi) is 11.8. The van der Waals surface area contributed by atoms with Gasteiger partial charge in [-0.25, -0.2) is 0 Å². The van der Waals surface area contributed by atoms with Crippen molar-refractivity contribution >= 4 is 46.1 Å². The van der Waals surface area contributed by atoms with E-state index >= 15 is 0 Å². The molecule has 3 aromatic rings. The minimum absolute atomic E-state index is 0.0829. The number of benzene rings is 2. The number of amides is 5. The number of nitrogens with one attached hydrogen (secondary N) is 4. The van der Waals surface area contributed by atoms with Gasteiger partial charge in [0.25, 0.3) is 0 Å². The summed E-state index contributed by atoms with van der Waals surface area (Å²) >= 11 is 0. The van der Waals surface area contributed by atoms with Gasteiger partial charge in [-0.2, -0.15) is 0 Å². The normalized spacial score (nSPS) is 21.9. The number of aromatic nitrogens is 1. The summed E-state index contributed by atoms with van der Waals surface area (Å²) in [6, 6.07) is 16.1. The van der Waals surface area contributed by atoms with E-state index in [1.165, 1.54) is 0 Å². The predicted molar refractivity (Wildman–Crippen MR) is 184 cm³/mol. The molecular weight excluding hydrogens is 608 g/mol. The molecule has 3 atom stereocenters. The maximum absolute atomic E-state index is 13.5. The average molecular weight is 655 g/mol. The van der Waals surface area contributed by atoms with E-state index in [-0.39, 0.29) is 48.4 Å². The van der Waals surface area contributed by atoms with Crippen LogP contribution in [0.5, 0.6) is 0 Å². The lowest BCUT2D eigenvalue weighted by atomic mass is 9.88. The van der Waals surface area contributed by atoms with E-state index in [0.29, 0.717) is 57.3 Å². The summed E-state index contributed by atoms with van der Waals surface area (Å²) in [7, 11) is 0. The third kappa shape index (κ3) is 8.96. The molecule has 2 aliphatic heterocycles. The fourth-order valence-electron chi connectivity index (χ4n) is 6.64. The van der Waals surface area contributed by atoms with Crippen LogP contribution in [0.4, 0.5) is 5.69 Å². The molecule has 0 radical (unpaired) electrons. The van der Waals surface area contributed by atoms with Gasteiger partial charge in [0.05, 0.1) is 17.7 Å². The Morgan fingerprint density at radius 1 is 0.938 bits per heavy atom. The van der Waals surface area contributed by atoms with Gasteiger partial charge < -0.3 is 26.2 Å². The summed E-state index contributed by atoms with van der Waals surface area (Å²) in [5, 5.41) is 12.4. The molecule has 2 bridgehead atoms. The molecule has 0 spiro atoms. The lowest BCUT2D eigenvalue weighted by molar-refractivity contribution is -0.140. The minimum Gasteiger partial charge on any atom is -0.354 e. The Hall–Kier alpha value is -4.80. The highest BCUT2D eigenvalue weighted by molar-refractivity contribution is 6.00. The van der Waals surface area contributed by atoms with Crippen LogP contribution in [-0.2, 0) is 30.4 Å². The van der Waals surface area contributed by atoms with Crippen LogP contribution < -0.4 is 21.3 Å². The van der Waals surface area contributed by atoms with Gasteiger partial charge >= 0.3 is 0 Å². The summed E-state index contributed by atoms with van der Waals surface area (Å²) in [4.78, 5) is 71.8. The lowest BCUT2D eigenvalue weighted by Crippen LogP contribution is -2.55. The second kappa shape index (κ2) is 16.3. The summed E-state index contributed by atoms with van der Waals surface area (Å²) in [6.45, 7) is 4.32. The lowest BCUT2D eigenvalue weighted by Gasteiger charge is -2.28. The van der Waals surface area contributed by atoms with Crippen LogP contribution in [0.3, 0.4) is 0 Å². The molecular formula is C37H46N6O5. The van der Waals surface area contributed by atoms with Crippen LogP contribution >= 0.6 is 0 Å². The van der Waals surface area contributed by atoms with Crippen molar-refractivity contribution in [1.29, 1.82) is 0 Å². The van der Waals surface area contributed by atoms with Crippen LogP contribution in [0, 0.1) is 5.92 Å². The number of rotatable bonds is 4. The number of hydrogen-bond acceptors (Lipinski definition) is 6. The molecule has 254 valence electrons. The third-order valence-corrected chi connectivity index (χ3v) is 9.24. The number of fused-ring (bicyclic) bond motifs is 4. The van der Waals surface area contributed by atoms with E-state index in [1.54, 1.807) is 11.1 Å². The van der Waals surface area contributed by atoms with Crippen molar-refractivity contribution in [2.75, 3.05) is 25.0 Å². The molecule has 1 unspecified atom stereocenters. The first-order chi connectivity index (χ1) is 23.2. The Bertz CT molecular complexity index is 1640. The van der Waals surface area contributed by atoms with Gasteiger partial charge in [-0.3, -0.25) is 29.0 Å². The van der Waals surface area contributed by atoms with Crippen LogP contribution in [0.2, 0.25) is 0 Å². The standard InChI is InChI=1S/C37H46N6O5/c1-24(2)34-37(48)40-23-32(45)38-19-17-25-9-5-12-27(21-25)28(10-3-4-16-33(46)43-20-8-15-30(43)36(47)42-34)22-31(44)41-29-14-6-11-26-13-7-18-39-35(26)29/h5-7,9,11-14,18,21,24,28,30,34H,3-4,8,10,15-17,19-20,22-23H2,1-2H3,(H,38,45)(H,40,48)(H,41,44)(H,42,47)/t28?,30-,34-/m0/s1. The Labute approximate surface area is 281 Å². The number of para-hydroxylation sites is 1. The molecule has 1 fully saturated rings. The van der Waals surface area contributed by atoms with Gasteiger partial charge in [0, 0.05) is 37.5 Å². The van der Waals surface area contributed by atoms with Crippen LogP contribution in [0.1, 0.15) is 75.8 Å². The van der Waals surface area contributed by atoms with Crippen molar-refractivity contribution in [3.05, 3.63) is 71.9 Å². The van der Waals surface area contributed by atoms with Crippen molar-refractivity contribution < 1.29 is 24.0 Å². The highest BCUT2D eigenvalue weighted by Gasteiger charge is 2.36. The molecule has 3 heterocycles. The summed E-state index contributed by atoms with van der Waals surface area (Å²) < 4.78 is 0. The molecule has 5 rings (SSSR count). The molecule has 2 aliphatic rings. The van der Waals surface area contributed by atoms with Gasteiger partial charge in [0.15, 0.2) is 0 Å². The van der Waals surface area contributed by atoms with E-state index in [0.717, 1.165) is 28.5 Å². The molecule has 4 N–H and O–H groups in total. The first kappa shape index (κ1) is 34.5. The molecule has 5 amide bonds. The molecule has 11 heteroatoms. The van der Waals surface area contributed by atoms with Crippen molar-refractivity contribution in [2.45, 2.75) is 83.2 Å². The second-order valence-corrected chi connectivity index (χ2v) is 13.1. The molecule has 1 aromatic heterocycles. The monoisotopic (exact) mass is 654 g/mol. The Balaban J connectivity index is 1.32. The number of hydrogen-bond donors (Lipinski definition) is 4. The quantitative estimate of drug-likeness (QED) is 0.336. The van der Waals surface area contributed by atoms with Crippen molar-refractivity contribution in [2.24, 2.45) is 5.92 Å². The third-order valence-electron chi connectivity index (χ3n) is 9.24. The number of pyridine rings is 1.